The van der Waals surface area contributed by atoms with E-state index < -0.39 is 0 Å². The summed E-state index contributed by atoms with van der Waals surface area (Å²) < 4.78 is 26.5. The second-order valence-corrected chi connectivity index (χ2v) is 3.88. The van der Waals surface area contributed by atoms with Crippen molar-refractivity contribution in [1.29, 1.82) is 0 Å². The number of nitrogens with zero attached hydrogens (tertiary/aromatic N) is 1. The second kappa shape index (κ2) is 5.04. The van der Waals surface area contributed by atoms with E-state index in [0.29, 0.717) is 5.69 Å². The molecule has 1 aromatic carbocycles. The molecule has 17 heavy (non-hydrogen) atoms. The highest BCUT2D eigenvalue weighted by Crippen LogP contribution is 2.27. The zero-order valence-corrected chi connectivity index (χ0v) is 9.53. The predicted octanol–water partition coefficient (Wildman–Crippen LogP) is 3.90. The Balaban J connectivity index is 2.40. The van der Waals surface area contributed by atoms with Gasteiger partial charge in [0.25, 0.3) is 0 Å². The van der Waals surface area contributed by atoms with Crippen LogP contribution in [0.1, 0.15) is 30.5 Å². The summed E-state index contributed by atoms with van der Waals surface area (Å²) in [5, 5.41) is 0. The van der Waals surface area contributed by atoms with Gasteiger partial charge in [0.2, 0.25) is 0 Å². The lowest BCUT2D eigenvalue weighted by Crippen LogP contribution is -2.05. The fraction of sp³-hybridized carbons (Fsp3) is 0.214. The standard InChI is InChI=1S/C14H13F2N/c1-2-12(10-5-7-11(15)8-6-10)14-13(16)4-3-9-17-14/h3-9,12H,2H2,1H3. The number of aromatic nitrogens is 1. The molecule has 0 aliphatic heterocycles. The molecule has 1 heterocycles. The van der Waals surface area contributed by atoms with E-state index in [1.807, 2.05) is 6.92 Å². The van der Waals surface area contributed by atoms with E-state index >= 15 is 0 Å². The van der Waals surface area contributed by atoms with Gasteiger partial charge in [-0.1, -0.05) is 19.1 Å². The summed E-state index contributed by atoms with van der Waals surface area (Å²) >= 11 is 0. The van der Waals surface area contributed by atoms with Crippen molar-refractivity contribution in [1.82, 2.24) is 4.98 Å². The lowest BCUT2D eigenvalue weighted by Gasteiger charge is -2.15. The van der Waals surface area contributed by atoms with Gasteiger partial charge in [0, 0.05) is 12.1 Å². The molecule has 1 aromatic heterocycles. The maximum atomic E-state index is 13.7. The van der Waals surface area contributed by atoms with Crippen molar-refractivity contribution < 1.29 is 8.78 Å². The van der Waals surface area contributed by atoms with Gasteiger partial charge in [0.15, 0.2) is 0 Å². The summed E-state index contributed by atoms with van der Waals surface area (Å²) in [6, 6.07) is 9.09. The third-order valence-electron chi connectivity index (χ3n) is 2.80. The second-order valence-electron chi connectivity index (χ2n) is 3.88. The normalized spacial score (nSPS) is 12.4. The summed E-state index contributed by atoms with van der Waals surface area (Å²) in [5.41, 5.74) is 1.30. The third-order valence-corrected chi connectivity index (χ3v) is 2.80. The van der Waals surface area contributed by atoms with E-state index in [0.717, 1.165) is 12.0 Å². The first kappa shape index (κ1) is 11.7. The Morgan fingerprint density at radius 3 is 2.41 bits per heavy atom. The molecule has 0 saturated heterocycles. The lowest BCUT2D eigenvalue weighted by molar-refractivity contribution is 0.576. The average Bonchev–Trinajstić information content (AvgIpc) is 2.35. The number of hydrogen-bond donors (Lipinski definition) is 0. The van der Waals surface area contributed by atoms with Gasteiger partial charge in [0.05, 0.1) is 5.69 Å². The zero-order chi connectivity index (χ0) is 12.3. The molecule has 0 aliphatic rings. The molecule has 1 atom stereocenters. The first-order valence-corrected chi connectivity index (χ1v) is 5.58. The molecule has 1 unspecified atom stereocenters. The van der Waals surface area contributed by atoms with Crippen LogP contribution in [0.5, 0.6) is 0 Å². The van der Waals surface area contributed by atoms with Crippen LogP contribution < -0.4 is 0 Å². The highest BCUT2D eigenvalue weighted by molar-refractivity contribution is 5.29. The molecular formula is C14H13F2N. The van der Waals surface area contributed by atoms with Crippen molar-refractivity contribution in [3.8, 4) is 0 Å². The van der Waals surface area contributed by atoms with Crippen LogP contribution in [0.3, 0.4) is 0 Å². The first-order valence-electron chi connectivity index (χ1n) is 5.58. The maximum Gasteiger partial charge on any atom is 0.145 e. The maximum absolute atomic E-state index is 13.7. The topological polar surface area (TPSA) is 12.9 Å². The average molecular weight is 233 g/mol. The van der Waals surface area contributed by atoms with Gasteiger partial charge in [-0.2, -0.15) is 0 Å². The largest absolute Gasteiger partial charge is 0.258 e. The molecule has 2 aromatic rings. The van der Waals surface area contributed by atoms with Crippen LogP contribution in [0.25, 0.3) is 0 Å². The van der Waals surface area contributed by atoms with Gasteiger partial charge >= 0.3 is 0 Å². The first-order chi connectivity index (χ1) is 8.22. The van der Waals surface area contributed by atoms with Gasteiger partial charge in [-0.25, -0.2) is 8.78 Å². The Morgan fingerprint density at radius 1 is 1.12 bits per heavy atom. The quantitative estimate of drug-likeness (QED) is 0.783. The van der Waals surface area contributed by atoms with E-state index in [9.17, 15) is 8.78 Å². The molecule has 2 rings (SSSR count). The lowest BCUT2D eigenvalue weighted by atomic mass is 9.92. The summed E-state index contributed by atoms with van der Waals surface area (Å²) in [4.78, 5) is 4.08. The molecule has 0 bridgehead atoms. The number of pyridine rings is 1. The van der Waals surface area contributed by atoms with Gasteiger partial charge in [-0.15, -0.1) is 0 Å². The molecule has 3 heteroatoms. The zero-order valence-electron chi connectivity index (χ0n) is 9.53. The van der Waals surface area contributed by atoms with Crippen molar-refractivity contribution in [2.45, 2.75) is 19.3 Å². The highest BCUT2D eigenvalue weighted by Gasteiger charge is 2.17. The minimum absolute atomic E-state index is 0.128. The number of rotatable bonds is 3. The molecular weight excluding hydrogens is 220 g/mol. The molecule has 0 amide bonds. The van der Waals surface area contributed by atoms with Crippen molar-refractivity contribution in [3.63, 3.8) is 0 Å². The van der Waals surface area contributed by atoms with E-state index in [2.05, 4.69) is 4.98 Å². The third kappa shape index (κ3) is 2.49. The number of benzene rings is 1. The molecule has 88 valence electrons. The van der Waals surface area contributed by atoms with Gasteiger partial charge in [-0.05, 0) is 36.2 Å². The Morgan fingerprint density at radius 2 is 1.82 bits per heavy atom. The monoisotopic (exact) mass is 233 g/mol. The predicted molar refractivity (Wildman–Crippen MR) is 62.7 cm³/mol. The van der Waals surface area contributed by atoms with E-state index in [4.69, 9.17) is 0 Å². The fourth-order valence-corrected chi connectivity index (χ4v) is 1.94. The highest BCUT2D eigenvalue weighted by atomic mass is 19.1. The summed E-state index contributed by atoms with van der Waals surface area (Å²) in [7, 11) is 0. The summed E-state index contributed by atoms with van der Waals surface area (Å²) in [5.74, 6) is -0.731. The minimum Gasteiger partial charge on any atom is -0.258 e. The van der Waals surface area contributed by atoms with E-state index in [-0.39, 0.29) is 17.6 Å². The molecule has 0 saturated carbocycles. The van der Waals surface area contributed by atoms with E-state index in [1.54, 1.807) is 24.4 Å². The Hall–Kier alpha value is -1.77. The van der Waals surface area contributed by atoms with Gasteiger partial charge in [-0.3, -0.25) is 4.98 Å². The van der Waals surface area contributed by atoms with Crippen LogP contribution in [0, 0.1) is 11.6 Å². The SMILES string of the molecule is CCC(c1ccc(F)cc1)c1ncccc1F. The van der Waals surface area contributed by atoms with Crippen LogP contribution in [0.4, 0.5) is 8.78 Å². The Labute approximate surface area is 99.1 Å². The molecule has 0 aliphatic carbocycles. The molecule has 0 radical (unpaired) electrons. The fourth-order valence-electron chi connectivity index (χ4n) is 1.94. The van der Waals surface area contributed by atoms with Gasteiger partial charge in [0.1, 0.15) is 11.6 Å². The number of halogens is 2. The molecule has 0 spiro atoms. The summed E-state index contributed by atoms with van der Waals surface area (Å²) in [6.45, 7) is 1.96. The van der Waals surface area contributed by atoms with Crippen molar-refractivity contribution in [2.75, 3.05) is 0 Å². The van der Waals surface area contributed by atoms with Crippen molar-refractivity contribution in [3.05, 3.63) is 65.5 Å². The molecule has 0 N–H and O–H groups in total. The van der Waals surface area contributed by atoms with E-state index in [1.165, 1.54) is 18.2 Å². The minimum atomic E-state index is -0.316. The number of hydrogen-bond acceptors (Lipinski definition) is 1. The molecule has 0 fully saturated rings. The smallest absolute Gasteiger partial charge is 0.145 e. The Kier molecular flexibility index (Phi) is 3.47. The summed E-state index contributed by atoms with van der Waals surface area (Å²) in [6.07, 6.45) is 2.30. The van der Waals surface area contributed by atoms with Gasteiger partial charge < -0.3 is 0 Å². The van der Waals surface area contributed by atoms with Crippen LogP contribution in [-0.4, -0.2) is 4.98 Å². The van der Waals surface area contributed by atoms with Crippen molar-refractivity contribution in [2.24, 2.45) is 0 Å². The van der Waals surface area contributed by atoms with Crippen LogP contribution >= 0.6 is 0 Å². The molecule has 1 nitrogen and oxygen atoms in total. The van der Waals surface area contributed by atoms with Crippen molar-refractivity contribution >= 4 is 0 Å². The Bertz CT molecular complexity index is 494. The van der Waals surface area contributed by atoms with Crippen LogP contribution in [-0.2, 0) is 0 Å². The van der Waals surface area contributed by atoms with Crippen LogP contribution in [0.15, 0.2) is 42.6 Å². The van der Waals surface area contributed by atoms with Crippen LogP contribution in [0.2, 0.25) is 0 Å².